The van der Waals surface area contributed by atoms with Gasteiger partial charge in [0.05, 0.1) is 10.4 Å². The second kappa shape index (κ2) is 5.92. The molecule has 0 aliphatic heterocycles. The van der Waals surface area contributed by atoms with E-state index < -0.39 is 0 Å². The molecule has 0 aliphatic rings. The van der Waals surface area contributed by atoms with Crippen molar-refractivity contribution in [2.45, 2.75) is 13.5 Å². The van der Waals surface area contributed by atoms with Crippen LogP contribution in [0.2, 0.25) is 5.02 Å². The first-order chi connectivity index (χ1) is 11.6. The smallest absolute Gasteiger partial charge is 0.253 e. The van der Waals surface area contributed by atoms with Gasteiger partial charge in [0.1, 0.15) is 0 Å². The first-order valence-electron chi connectivity index (χ1n) is 7.51. The number of hydrogen-bond acceptors (Lipinski definition) is 4. The number of rotatable bonds is 3. The summed E-state index contributed by atoms with van der Waals surface area (Å²) in [5.74, 6) is 0. The van der Waals surface area contributed by atoms with Gasteiger partial charge in [-0.25, -0.2) is 0 Å². The number of benzene rings is 2. The lowest BCUT2D eigenvalue weighted by Gasteiger charge is -2.08. The highest BCUT2D eigenvalue weighted by atomic mass is 35.5. The number of anilines is 1. The van der Waals surface area contributed by atoms with E-state index in [1.54, 1.807) is 6.07 Å². The zero-order chi connectivity index (χ0) is 16.7. The molecule has 0 spiro atoms. The Bertz CT molecular complexity index is 1120. The van der Waals surface area contributed by atoms with E-state index in [4.69, 9.17) is 11.6 Å². The molecule has 0 saturated heterocycles. The standard InChI is InChI=1S/C18H14ClN3OS/c1-10-15-8-14(3-5-17(15)24-22-10)20-9-12-6-11-7-13(19)2-4-16(11)21-18(12)23/h2-8,20H,9H2,1H3,(H,21,23). The van der Waals surface area contributed by atoms with Gasteiger partial charge in [0.25, 0.3) is 5.56 Å². The van der Waals surface area contributed by atoms with Crippen LogP contribution in [-0.4, -0.2) is 9.36 Å². The van der Waals surface area contributed by atoms with Crippen LogP contribution in [0.15, 0.2) is 47.3 Å². The molecule has 2 heterocycles. The predicted octanol–water partition coefficient (Wildman–Crippen LogP) is 4.71. The van der Waals surface area contributed by atoms with E-state index >= 15 is 0 Å². The van der Waals surface area contributed by atoms with Crippen molar-refractivity contribution in [1.29, 1.82) is 0 Å². The molecule has 2 N–H and O–H groups in total. The molecular weight excluding hydrogens is 342 g/mol. The summed E-state index contributed by atoms with van der Waals surface area (Å²) >= 11 is 7.53. The second-order valence-electron chi connectivity index (χ2n) is 5.69. The van der Waals surface area contributed by atoms with Gasteiger partial charge in [0.2, 0.25) is 0 Å². The van der Waals surface area contributed by atoms with Gasteiger partial charge in [-0.3, -0.25) is 4.79 Å². The minimum Gasteiger partial charge on any atom is -0.381 e. The molecule has 4 rings (SSSR count). The topological polar surface area (TPSA) is 57.8 Å². The summed E-state index contributed by atoms with van der Waals surface area (Å²) in [6, 6.07) is 13.4. The maximum absolute atomic E-state index is 12.2. The summed E-state index contributed by atoms with van der Waals surface area (Å²) in [5.41, 5.74) is 3.36. The van der Waals surface area contributed by atoms with Crippen molar-refractivity contribution in [1.82, 2.24) is 9.36 Å². The Hall–Kier alpha value is -2.37. The van der Waals surface area contributed by atoms with Gasteiger partial charge in [-0.1, -0.05) is 11.6 Å². The third-order valence-corrected chi connectivity index (χ3v) is 5.17. The molecule has 2 aromatic heterocycles. The van der Waals surface area contributed by atoms with E-state index in [-0.39, 0.29) is 5.56 Å². The summed E-state index contributed by atoms with van der Waals surface area (Å²) in [7, 11) is 0. The first kappa shape index (κ1) is 15.2. The normalized spacial score (nSPS) is 11.2. The minimum atomic E-state index is -0.0909. The average molecular weight is 356 g/mol. The number of hydrogen-bond donors (Lipinski definition) is 2. The van der Waals surface area contributed by atoms with E-state index in [1.165, 1.54) is 11.5 Å². The SMILES string of the molecule is Cc1nsc2ccc(NCc3cc4cc(Cl)ccc4[nH]c3=O)cc12. The third kappa shape index (κ3) is 2.77. The van der Waals surface area contributed by atoms with Crippen LogP contribution in [0.25, 0.3) is 21.0 Å². The fraction of sp³-hybridized carbons (Fsp3) is 0.111. The van der Waals surface area contributed by atoms with Gasteiger partial charge >= 0.3 is 0 Å². The number of aryl methyl sites for hydroxylation is 1. The lowest BCUT2D eigenvalue weighted by molar-refractivity contribution is 1.09. The molecule has 0 atom stereocenters. The fourth-order valence-electron chi connectivity index (χ4n) is 2.72. The van der Waals surface area contributed by atoms with Gasteiger partial charge in [-0.2, -0.15) is 4.37 Å². The van der Waals surface area contributed by atoms with Gasteiger partial charge in [-0.05, 0) is 60.9 Å². The molecule has 2 aromatic carbocycles. The fourth-order valence-corrected chi connectivity index (χ4v) is 3.67. The number of halogens is 1. The van der Waals surface area contributed by atoms with E-state index in [1.807, 2.05) is 37.3 Å². The summed E-state index contributed by atoms with van der Waals surface area (Å²) in [4.78, 5) is 15.1. The van der Waals surface area contributed by atoms with Crippen LogP contribution in [0.1, 0.15) is 11.3 Å². The van der Waals surface area contributed by atoms with Crippen LogP contribution < -0.4 is 10.9 Å². The van der Waals surface area contributed by atoms with E-state index in [0.717, 1.165) is 32.4 Å². The van der Waals surface area contributed by atoms with Gasteiger partial charge in [0, 0.05) is 39.1 Å². The van der Waals surface area contributed by atoms with Crippen molar-refractivity contribution in [3.63, 3.8) is 0 Å². The number of H-pyrrole nitrogens is 1. The summed E-state index contributed by atoms with van der Waals surface area (Å²) in [5, 5.41) is 6.03. The highest BCUT2D eigenvalue weighted by Crippen LogP contribution is 2.25. The zero-order valence-corrected chi connectivity index (χ0v) is 14.5. The van der Waals surface area contributed by atoms with Crippen molar-refractivity contribution in [3.05, 3.63) is 69.1 Å². The molecule has 120 valence electrons. The predicted molar refractivity (Wildman–Crippen MR) is 101 cm³/mol. The Morgan fingerprint density at radius 1 is 1.21 bits per heavy atom. The van der Waals surface area contributed by atoms with Crippen LogP contribution in [0.4, 0.5) is 5.69 Å². The highest BCUT2D eigenvalue weighted by molar-refractivity contribution is 7.13. The Balaban J connectivity index is 1.64. The largest absolute Gasteiger partial charge is 0.381 e. The van der Waals surface area contributed by atoms with E-state index in [2.05, 4.69) is 20.7 Å². The molecule has 0 radical (unpaired) electrons. The van der Waals surface area contributed by atoms with Crippen molar-refractivity contribution < 1.29 is 0 Å². The van der Waals surface area contributed by atoms with Crippen molar-refractivity contribution in [3.8, 4) is 0 Å². The van der Waals surface area contributed by atoms with Crippen molar-refractivity contribution in [2.24, 2.45) is 0 Å². The zero-order valence-electron chi connectivity index (χ0n) is 12.9. The van der Waals surface area contributed by atoms with Gasteiger partial charge < -0.3 is 10.3 Å². The van der Waals surface area contributed by atoms with Crippen LogP contribution in [-0.2, 0) is 6.54 Å². The molecule has 4 nitrogen and oxygen atoms in total. The Morgan fingerprint density at radius 2 is 2.08 bits per heavy atom. The summed E-state index contributed by atoms with van der Waals surface area (Å²) < 4.78 is 5.52. The molecule has 0 saturated carbocycles. The second-order valence-corrected chi connectivity index (χ2v) is 6.93. The Kier molecular flexibility index (Phi) is 3.75. The third-order valence-electron chi connectivity index (χ3n) is 4.02. The van der Waals surface area contributed by atoms with E-state index in [0.29, 0.717) is 17.1 Å². The molecule has 0 amide bonds. The van der Waals surface area contributed by atoms with Crippen LogP contribution >= 0.6 is 23.1 Å². The molecule has 6 heteroatoms. The summed E-state index contributed by atoms with van der Waals surface area (Å²) in [6.45, 7) is 2.44. The number of nitrogens with one attached hydrogen (secondary N) is 2. The first-order valence-corrected chi connectivity index (χ1v) is 8.67. The maximum Gasteiger partial charge on any atom is 0.253 e. The van der Waals surface area contributed by atoms with Crippen LogP contribution in [0, 0.1) is 6.92 Å². The number of aromatic nitrogens is 2. The monoisotopic (exact) mass is 355 g/mol. The van der Waals surface area contributed by atoms with Crippen molar-refractivity contribution in [2.75, 3.05) is 5.32 Å². The van der Waals surface area contributed by atoms with Crippen LogP contribution in [0.3, 0.4) is 0 Å². The van der Waals surface area contributed by atoms with Gasteiger partial charge in [0.15, 0.2) is 0 Å². The lowest BCUT2D eigenvalue weighted by Crippen LogP contribution is -2.15. The maximum atomic E-state index is 12.2. The minimum absolute atomic E-state index is 0.0909. The molecule has 0 bridgehead atoms. The molecule has 0 aliphatic carbocycles. The quantitative estimate of drug-likeness (QED) is 0.559. The number of nitrogens with zero attached hydrogens (tertiary/aromatic N) is 1. The summed E-state index contributed by atoms with van der Waals surface area (Å²) in [6.07, 6.45) is 0. The Labute approximate surface area is 147 Å². The highest BCUT2D eigenvalue weighted by Gasteiger charge is 2.06. The van der Waals surface area contributed by atoms with Gasteiger partial charge in [-0.15, -0.1) is 0 Å². The van der Waals surface area contributed by atoms with Crippen molar-refractivity contribution >= 4 is 49.8 Å². The van der Waals surface area contributed by atoms with E-state index in [9.17, 15) is 4.79 Å². The number of pyridine rings is 1. The molecule has 0 fully saturated rings. The molecular formula is C18H14ClN3OS. The molecule has 4 aromatic rings. The van der Waals surface area contributed by atoms with Crippen LogP contribution in [0.5, 0.6) is 0 Å². The molecule has 24 heavy (non-hydrogen) atoms. The Morgan fingerprint density at radius 3 is 2.96 bits per heavy atom. The average Bonchev–Trinajstić information content (AvgIpc) is 2.94. The lowest BCUT2D eigenvalue weighted by atomic mass is 10.1. The number of aromatic amines is 1. The molecule has 0 unspecified atom stereocenters. The number of fused-ring (bicyclic) bond motifs is 2.